The van der Waals surface area contributed by atoms with E-state index in [2.05, 4.69) is 15.4 Å². The average Bonchev–Trinajstić information content (AvgIpc) is 3.33. The van der Waals surface area contributed by atoms with Crippen molar-refractivity contribution in [3.63, 3.8) is 0 Å². The number of alkyl halides is 2. The molecule has 0 radical (unpaired) electrons. The summed E-state index contributed by atoms with van der Waals surface area (Å²) in [6, 6.07) is 3.25. The van der Waals surface area contributed by atoms with Crippen LogP contribution >= 0.6 is 0 Å². The molecule has 2 aliphatic rings. The van der Waals surface area contributed by atoms with Crippen LogP contribution in [0.2, 0.25) is 0 Å². The molecule has 1 fully saturated rings. The first-order chi connectivity index (χ1) is 12.9. The van der Waals surface area contributed by atoms with Gasteiger partial charge in [-0.3, -0.25) is 4.68 Å². The number of aryl methyl sites for hydroxylation is 1. The van der Waals surface area contributed by atoms with Gasteiger partial charge in [-0.2, -0.15) is 5.10 Å². The number of urea groups is 1. The van der Waals surface area contributed by atoms with Gasteiger partial charge in [0.1, 0.15) is 5.82 Å². The molecule has 3 N–H and O–H groups in total. The molecule has 0 saturated carbocycles. The number of hydrogen-bond acceptors (Lipinski definition) is 4. The predicted octanol–water partition coefficient (Wildman–Crippen LogP) is 2.54. The molecule has 2 aliphatic heterocycles. The van der Waals surface area contributed by atoms with Crippen molar-refractivity contribution in [3.05, 3.63) is 29.6 Å². The van der Waals surface area contributed by atoms with Gasteiger partial charge in [0.05, 0.1) is 11.3 Å². The Morgan fingerprint density at radius 3 is 2.89 bits per heavy atom. The van der Waals surface area contributed by atoms with Crippen LogP contribution in [0.15, 0.2) is 18.3 Å². The van der Waals surface area contributed by atoms with Crippen LogP contribution < -0.4 is 11.1 Å². The van der Waals surface area contributed by atoms with E-state index >= 15 is 0 Å². The molecule has 1 atom stereocenters. The van der Waals surface area contributed by atoms with E-state index in [0.717, 1.165) is 25.1 Å². The van der Waals surface area contributed by atoms with Gasteiger partial charge >= 0.3 is 6.03 Å². The maximum Gasteiger partial charge on any atom is 0.317 e. The fraction of sp³-hybridized carbons (Fsp3) is 0.500. The lowest BCUT2D eigenvalue weighted by molar-refractivity contribution is 0.152. The molecule has 0 aliphatic carbocycles. The van der Waals surface area contributed by atoms with Gasteiger partial charge in [-0.25, -0.2) is 18.6 Å². The van der Waals surface area contributed by atoms with Crippen LogP contribution in [-0.4, -0.2) is 45.3 Å². The van der Waals surface area contributed by atoms with Crippen molar-refractivity contribution in [1.82, 2.24) is 25.0 Å². The number of carbonyl (C=O) groups excluding carboxylic acids is 1. The molecule has 0 aromatic carbocycles. The normalized spacial score (nSPS) is 21.3. The molecule has 9 heteroatoms. The number of aromatic nitrogens is 3. The van der Waals surface area contributed by atoms with E-state index in [4.69, 9.17) is 5.73 Å². The Labute approximate surface area is 155 Å². The SMILES string of the molecule is CCNC(=O)N1CCC2(CCn3nc(-c4cnc(N)c(C(F)F)c4)cc32)C1. The van der Waals surface area contributed by atoms with Gasteiger partial charge in [-0.05, 0) is 31.9 Å². The largest absolute Gasteiger partial charge is 0.383 e. The summed E-state index contributed by atoms with van der Waals surface area (Å²) < 4.78 is 28.2. The lowest BCUT2D eigenvalue weighted by Gasteiger charge is -2.23. The zero-order valence-electron chi connectivity index (χ0n) is 15.1. The maximum atomic E-state index is 13.1. The van der Waals surface area contributed by atoms with Crippen molar-refractivity contribution in [3.8, 4) is 11.3 Å². The number of pyridine rings is 1. The van der Waals surface area contributed by atoms with Gasteiger partial charge in [0.25, 0.3) is 6.43 Å². The highest BCUT2D eigenvalue weighted by Crippen LogP contribution is 2.44. The number of rotatable bonds is 3. The summed E-state index contributed by atoms with van der Waals surface area (Å²) in [4.78, 5) is 17.9. The van der Waals surface area contributed by atoms with Crippen LogP contribution in [-0.2, 0) is 12.0 Å². The van der Waals surface area contributed by atoms with Gasteiger partial charge in [-0.1, -0.05) is 0 Å². The maximum absolute atomic E-state index is 13.1. The van der Waals surface area contributed by atoms with Crippen molar-refractivity contribution in [2.45, 2.75) is 38.2 Å². The van der Waals surface area contributed by atoms with Crippen molar-refractivity contribution in [1.29, 1.82) is 0 Å². The molecule has 27 heavy (non-hydrogen) atoms. The van der Waals surface area contributed by atoms with E-state index < -0.39 is 6.43 Å². The van der Waals surface area contributed by atoms with Crippen LogP contribution in [0.3, 0.4) is 0 Å². The number of nitrogens with one attached hydrogen (secondary N) is 1. The van der Waals surface area contributed by atoms with E-state index in [9.17, 15) is 13.6 Å². The summed E-state index contributed by atoms with van der Waals surface area (Å²) in [6.07, 6.45) is 0.589. The molecule has 1 spiro atoms. The molecule has 144 valence electrons. The number of fused-ring (bicyclic) bond motifs is 2. The fourth-order valence-electron chi connectivity index (χ4n) is 4.13. The van der Waals surface area contributed by atoms with Gasteiger partial charge in [0.15, 0.2) is 0 Å². The lowest BCUT2D eigenvalue weighted by Crippen LogP contribution is -2.40. The predicted molar refractivity (Wildman–Crippen MR) is 96.4 cm³/mol. The van der Waals surface area contributed by atoms with Crippen molar-refractivity contribution >= 4 is 11.8 Å². The smallest absolute Gasteiger partial charge is 0.317 e. The van der Waals surface area contributed by atoms with E-state index in [0.29, 0.717) is 30.9 Å². The van der Waals surface area contributed by atoms with E-state index in [-0.39, 0.29) is 22.8 Å². The number of nitrogens with two attached hydrogens (primary N) is 1. The zero-order chi connectivity index (χ0) is 19.2. The standard InChI is InChI=1S/C18H22F2N6O/c1-2-22-17(27)25-5-3-18(10-25)4-6-26-14(18)8-13(24-26)11-7-12(15(19)20)16(21)23-9-11/h7-9,15H,2-6,10H2,1H3,(H2,21,23)(H,22,27). The number of amides is 2. The third-order valence-corrected chi connectivity index (χ3v) is 5.57. The van der Waals surface area contributed by atoms with Gasteiger partial charge < -0.3 is 16.0 Å². The lowest BCUT2D eigenvalue weighted by atomic mass is 9.82. The molecule has 4 rings (SSSR count). The third-order valence-electron chi connectivity index (χ3n) is 5.57. The third kappa shape index (κ3) is 2.90. The first-order valence-corrected chi connectivity index (χ1v) is 9.08. The van der Waals surface area contributed by atoms with Crippen molar-refractivity contribution in [2.75, 3.05) is 25.4 Å². The molecular weight excluding hydrogens is 354 g/mol. The molecule has 0 bridgehead atoms. The molecule has 1 saturated heterocycles. The molecular formula is C18H22F2N6O. The summed E-state index contributed by atoms with van der Waals surface area (Å²) in [6.45, 7) is 4.59. The van der Waals surface area contributed by atoms with E-state index in [1.54, 1.807) is 0 Å². The second-order valence-corrected chi connectivity index (χ2v) is 7.17. The highest BCUT2D eigenvalue weighted by atomic mass is 19.3. The second-order valence-electron chi connectivity index (χ2n) is 7.17. The minimum atomic E-state index is -2.68. The second kappa shape index (κ2) is 6.47. The first kappa shape index (κ1) is 17.7. The minimum Gasteiger partial charge on any atom is -0.383 e. The Morgan fingerprint density at radius 2 is 2.15 bits per heavy atom. The highest BCUT2D eigenvalue weighted by Gasteiger charge is 2.46. The Balaban J connectivity index is 1.63. The van der Waals surface area contributed by atoms with Crippen LogP contribution in [0.4, 0.5) is 19.4 Å². The summed E-state index contributed by atoms with van der Waals surface area (Å²) in [5, 5.41) is 7.43. The number of carbonyl (C=O) groups is 1. The van der Waals surface area contributed by atoms with Crippen molar-refractivity contribution < 1.29 is 13.6 Å². The zero-order valence-corrected chi connectivity index (χ0v) is 15.1. The molecule has 2 amide bonds. The summed E-state index contributed by atoms with van der Waals surface area (Å²) in [5.74, 6) is -0.162. The van der Waals surface area contributed by atoms with Crippen LogP contribution in [0.5, 0.6) is 0 Å². The first-order valence-electron chi connectivity index (χ1n) is 9.08. The highest BCUT2D eigenvalue weighted by molar-refractivity contribution is 5.74. The number of nitrogens with zero attached hydrogens (tertiary/aromatic N) is 4. The monoisotopic (exact) mass is 376 g/mol. The Hall–Kier alpha value is -2.71. The van der Waals surface area contributed by atoms with Gasteiger partial charge in [-0.15, -0.1) is 0 Å². The average molecular weight is 376 g/mol. The Kier molecular flexibility index (Phi) is 4.24. The summed E-state index contributed by atoms with van der Waals surface area (Å²) in [5.41, 5.74) is 7.33. The topological polar surface area (TPSA) is 89.1 Å². The van der Waals surface area contributed by atoms with Gasteiger partial charge in [0, 0.05) is 49.0 Å². The van der Waals surface area contributed by atoms with Crippen molar-refractivity contribution in [2.24, 2.45) is 0 Å². The minimum absolute atomic E-state index is 0.0446. The number of halogens is 2. The van der Waals surface area contributed by atoms with E-state index in [1.165, 1.54) is 12.3 Å². The number of hydrogen-bond donors (Lipinski definition) is 2. The molecule has 2 aromatic rings. The Morgan fingerprint density at radius 1 is 1.37 bits per heavy atom. The summed E-state index contributed by atoms with van der Waals surface area (Å²) in [7, 11) is 0. The quantitative estimate of drug-likeness (QED) is 0.862. The number of likely N-dealkylation sites (tertiary alicyclic amines) is 1. The molecule has 4 heterocycles. The van der Waals surface area contributed by atoms with Gasteiger partial charge in [0.2, 0.25) is 0 Å². The molecule has 2 aromatic heterocycles. The van der Waals surface area contributed by atoms with Crippen LogP contribution in [0.1, 0.15) is 37.4 Å². The Bertz CT molecular complexity index is 883. The van der Waals surface area contributed by atoms with Crippen LogP contribution in [0.25, 0.3) is 11.3 Å². The number of nitrogen functional groups attached to an aromatic ring is 1. The fourth-order valence-corrected chi connectivity index (χ4v) is 4.13. The molecule has 7 nitrogen and oxygen atoms in total. The van der Waals surface area contributed by atoms with E-state index in [1.807, 2.05) is 22.6 Å². The molecule has 1 unspecified atom stereocenters. The number of anilines is 1. The van der Waals surface area contributed by atoms with Crippen LogP contribution in [0, 0.1) is 0 Å². The summed E-state index contributed by atoms with van der Waals surface area (Å²) >= 11 is 0.